The molecule has 0 aromatic heterocycles. The van der Waals surface area contributed by atoms with Crippen molar-refractivity contribution in [2.24, 2.45) is 5.73 Å². The number of rotatable bonds is 3. The number of hydrogen-bond acceptors (Lipinski definition) is 2. The Labute approximate surface area is 122 Å². The van der Waals surface area contributed by atoms with Crippen molar-refractivity contribution in [2.45, 2.75) is 0 Å². The second-order valence-electron chi connectivity index (χ2n) is 3.68. The normalized spacial score (nSPS) is 10.3. The van der Waals surface area contributed by atoms with Crippen molar-refractivity contribution in [1.29, 1.82) is 0 Å². The fraction of sp³-hybridized carbons (Fsp3) is 0. The third-order valence-corrected chi connectivity index (χ3v) is 3.21. The van der Waals surface area contributed by atoms with Gasteiger partial charge in [-0.25, -0.2) is 8.78 Å². The van der Waals surface area contributed by atoms with Gasteiger partial charge in [-0.2, -0.15) is 0 Å². The van der Waals surface area contributed by atoms with Gasteiger partial charge in [0.2, 0.25) is 0 Å². The molecule has 98 valence electrons. The zero-order valence-electron chi connectivity index (χ0n) is 9.49. The van der Waals surface area contributed by atoms with Crippen molar-refractivity contribution in [1.82, 2.24) is 0 Å². The van der Waals surface area contributed by atoms with Crippen LogP contribution in [0.15, 0.2) is 40.9 Å². The molecule has 2 nitrogen and oxygen atoms in total. The van der Waals surface area contributed by atoms with Gasteiger partial charge in [-0.1, -0.05) is 12.2 Å². The van der Waals surface area contributed by atoms with Crippen LogP contribution in [0, 0.1) is 11.6 Å². The summed E-state index contributed by atoms with van der Waals surface area (Å²) in [5, 5.41) is 0. The minimum absolute atomic E-state index is 0.203. The maximum absolute atomic E-state index is 13.0. The zero-order valence-corrected chi connectivity index (χ0v) is 11.9. The third-order valence-electron chi connectivity index (χ3n) is 2.33. The molecule has 19 heavy (non-hydrogen) atoms. The molecular weight excluding hydrogens is 336 g/mol. The molecule has 0 atom stereocenters. The molecule has 0 saturated heterocycles. The van der Waals surface area contributed by atoms with Gasteiger partial charge in [0.1, 0.15) is 16.5 Å². The van der Waals surface area contributed by atoms with Crippen LogP contribution in [0.25, 0.3) is 0 Å². The minimum Gasteiger partial charge on any atom is -0.457 e. The summed E-state index contributed by atoms with van der Waals surface area (Å²) in [6, 6.07) is 8.29. The Morgan fingerprint density at radius 2 is 1.68 bits per heavy atom. The molecule has 0 spiro atoms. The number of hydrogen-bond donors (Lipinski definition) is 1. The summed E-state index contributed by atoms with van der Waals surface area (Å²) in [6.45, 7) is 0. The summed E-state index contributed by atoms with van der Waals surface area (Å²) in [7, 11) is 0. The molecule has 0 unspecified atom stereocenters. The Balaban J connectivity index is 2.26. The average Bonchev–Trinajstić information content (AvgIpc) is 2.33. The third kappa shape index (κ3) is 3.27. The Morgan fingerprint density at radius 1 is 1.05 bits per heavy atom. The van der Waals surface area contributed by atoms with Crippen LogP contribution in [0.2, 0.25) is 0 Å². The minimum atomic E-state index is -0.962. The van der Waals surface area contributed by atoms with Crippen LogP contribution in [0.3, 0.4) is 0 Å². The van der Waals surface area contributed by atoms with Crippen LogP contribution < -0.4 is 10.5 Å². The van der Waals surface area contributed by atoms with Gasteiger partial charge in [0.15, 0.2) is 11.6 Å². The van der Waals surface area contributed by atoms with Crippen LogP contribution in [-0.2, 0) is 0 Å². The van der Waals surface area contributed by atoms with Crippen molar-refractivity contribution in [2.75, 3.05) is 0 Å². The van der Waals surface area contributed by atoms with Gasteiger partial charge in [-0.3, -0.25) is 0 Å². The predicted octanol–water partition coefficient (Wildman–Crippen LogP) is 4.15. The summed E-state index contributed by atoms with van der Waals surface area (Å²) in [5.74, 6) is -1.22. The van der Waals surface area contributed by atoms with Gasteiger partial charge in [-0.15, -0.1) is 0 Å². The first-order valence-corrected chi connectivity index (χ1v) is 6.40. The molecule has 6 heteroatoms. The molecule has 0 bridgehead atoms. The molecule has 0 fully saturated rings. The standard InChI is InChI=1S/C13H8BrF2NOS/c14-10-5-7(1-3-9(10)13(17)19)18-8-2-4-11(15)12(16)6-8/h1-6H,(H2,17,19). The maximum atomic E-state index is 13.0. The molecule has 2 N–H and O–H groups in total. The topological polar surface area (TPSA) is 35.2 Å². The highest BCUT2D eigenvalue weighted by Gasteiger charge is 2.07. The zero-order chi connectivity index (χ0) is 14.0. The number of benzene rings is 2. The first kappa shape index (κ1) is 13.9. The van der Waals surface area contributed by atoms with Crippen LogP contribution in [0.4, 0.5) is 8.78 Å². The lowest BCUT2D eigenvalue weighted by molar-refractivity contribution is 0.461. The highest BCUT2D eigenvalue weighted by atomic mass is 79.9. The van der Waals surface area contributed by atoms with Gasteiger partial charge < -0.3 is 10.5 Å². The first-order chi connectivity index (χ1) is 8.97. The van der Waals surface area contributed by atoms with E-state index in [-0.39, 0.29) is 10.7 Å². The average molecular weight is 344 g/mol. The highest BCUT2D eigenvalue weighted by molar-refractivity contribution is 9.10. The lowest BCUT2D eigenvalue weighted by Gasteiger charge is -2.08. The van der Waals surface area contributed by atoms with Crippen molar-refractivity contribution in [3.8, 4) is 11.5 Å². The molecule has 0 saturated carbocycles. The smallest absolute Gasteiger partial charge is 0.162 e. The van der Waals surface area contributed by atoms with Gasteiger partial charge in [0, 0.05) is 16.1 Å². The van der Waals surface area contributed by atoms with E-state index in [1.54, 1.807) is 18.2 Å². The molecule has 2 rings (SSSR count). The lowest BCUT2D eigenvalue weighted by Crippen LogP contribution is -2.09. The van der Waals surface area contributed by atoms with Crippen LogP contribution >= 0.6 is 28.1 Å². The molecule has 2 aromatic carbocycles. The van der Waals surface area contributed by atoms with E-state index < -0.39 is 11.6 Å². The van der Waals surface area contributed by atoms with E-state index in [4.69, 9.17) is 22.7 Å². The molecular formula is C13H8BrF2NOS. The van der Waals surface area contributed by atoms with Crippen LogP contribution in [0.5, 0.6) is 11.5 Å². The lowest BCUT2D eigenvalue weighted by atomic mass is 10.2. The molecule has 0 heterocycles. The Kier molecular flexibility index (Phi) is 4.11. The number of ether oxygens (including phenoxy) is 1. The first-order valence-electron chi connectivity index (χ1n) is 5.19. The molecule has 2 aromatic rings. The number of thiocarbonyl (C=S) groups is 1. The predicted molar refractivity (Wildman–Crippen MR) is 76.5 cm³/mol. The van der Waals surface area contributed by atoms with E-state index in [0.717, 1.165) is 12.1 Å². The van der Waals surface area contributed by atoms with E-state index in [1.165, 1.54) is 6.07 Å². The Hall–Kier alpha value is -1.53. The summed E-state index contributed by atoms with van der Waals surface area (Å²) < 4.78 is 31.9. The van der Waals surface area contributed by atoms with Crippen LogP contribution in [-0.4, -0.2) is 4.99 Å². The van der Waals surface area contributed by atoms with Gasteiger partial charge in [0.05, 0.1) is 0 Å². The molecule has 0 aliphatic heterocycles. The van der Waals surface area contributed by atoms with Crippen molar-refractivity contribution < 1.29 is 13.5 Å². The Morgan fingerprint density at radius 3 is 2.26 bits per heavy atom. The van der Waals surface area contributed by atoms with Gasteiger partial charge in [-0.05, 0) is 46.3 Å². The number of nitrogens with two attached hydrogens (primary N) is 1. The maximum Gasteiger partial charge on any atom is 0.162 e. The summed E-state index contributed by atoms with van der Waals surface area (Å²) >= 11 is 8.18. The molecule has 0 aliphatic carbocycles. The van der Waals surface area contributed by atoms with Crippen molar-refractivity contribution >= 4 is 33.1 Å². The monoisotopic (exact) mass is 343 g/mol. The van der Waals surface area contributed by atoms with E-state index in [1.807, 2.05) is 0 Å². The van der Waals surface area contributed by atoms with Gasteiger partial charge in [0.25, 0.3) is 0 Å². The van der Waals surface area contributed by atoms with Crippen molar-refractivity contribution in [3.05, 3.63) is 58.1 Å². The fourth-order valence-electron chi connectivity index (χ4n) is 1.44. The van der Waals surface area contributed by atoms with Crippen LogP contribution in [0.1, 0.15) is 5.56 Å². The summed E-state index contributed by atoms with van der Waals surface area (Å²) in [5.41, 5.74) is 6.20. The largest absolute Gasteiger partial charge is 0.457 e. The van der Waals surface area contributed by atoms with Crippen molar-refractivity contribution in [3.63, 3.8) is 0 Å². The van der Waals surface area contributed by atoms with E-state index in [2.05, 4.69) is 15.9 Å². The van der Waals surface area contributed by atoms with E-state index in [9.17, 15) is 8.78 Å². The second kappa shape index (κ2) is 5.63. The summed E-state index contributed by atoms with van der Waals surface area (Å²) in [4.78, 5) is 0.256. The number of halogens is 3. The quantitative estimate of drug-likeness (QED) is 0.850. The molecule has 0 radical (unpaired) electrons. The fourth-order valence-corrected chi connectivity index (χ4v) is 2.32. The van der Waals surface area contributed by atoms with E-state index >= 15 is 0 Å². The van der Waals surface area contributed by atoms with Gasteiger partial charge >= 0.3 is 0 Å². The molecule has 0 aliphatic rings. The highest BCUT2D eigenvalue weighted by Crippen LogP contribution is 2.27. The van der Waals surface area contributed by atoms with E-state index in [0.29, 0.717) is 15.8 Å². The molecule has 0 amide bonds. The summed E-state index contributed by atoms with van der Waals surface area (Å²) in [6.07, 6.45) is 0. The second-order valence-corrected chi connectivity index (χ2v) is 4.98. The Bertz CT molecular complexity index is 649. The SMILES string of the molecule is NC(=S)c1ccc(Oc2ccc(F)c(F)c2)cc1Br.